The maximum Gasteiger partial charge on any atom is 0.224 e. The molecule has 1 N–H and O–H groups in total. The first-order chi connectivity index (χ1) is 11.5. The van der Waals surface area contributed by atoms with E-state index in [2.05, 4.69) is 5.32 Å². The van der Waals surface area contributed by atoms with E-state index in [0.29, 0.717) is 18.0 Å². The van der Waals surface area contributed by atoms with Crippen LogP contribution in [0.2, 0.25) is 0 Å². The average Bonchev–Trinajstić information content (AvgIpc) is 2.60. The van der Waals surface area contributed by atoms with Gasteiger partial charge in [0.25, 0.3) is 0 Å². The Labute approximate surface area is 144 Å². The normalized spacial score (nSPS) is 11.6. The molecular formula is C18H21NO4S. The Balaban J connectivity index is 1.94. The van der Waals surface area contributed by atoms with Crippen LogP contribution in [0, 0.1) is 0 Å². The lowest BCUT2D eigenvalue weighted by atomic mass is 10.1. The molecule has 5 nitrogen and oxygen atoms in total. The summed E-state index contributed by atoms with van der Waals surface area (Å²) in [7, 11) is 2.17. The van der Waals surface area contributed by atoms with Crippen LogP contribution < -0.4 is 14.8 Å². The maximum absolute atomic E-state index is 12.1. The summed E-state index contributed by atoms with van der Waals surface area (Å²) in [5.74, 6) is 1.29. The Morgan fingerprint density at radius 1 is 1.08 bits per heavy atom. The highest BCUT2D eigenvalue weighted by molar-refractivity contribution is 7.84. The number of hydrogen-bond donors (Lipinski definition) is 1. The minimum atomic E-state index is -1.01. The van der Waals surface area contributed by atoms with E-state index in [4.69, 9.17) is 9.47 Å². The molecule has 1 atom stereocenters. The van der Waals surface area contributed by atoms with Crippen LogP contribution in [0.1, 0.15) is 11.1 Å². The van der Waals surface area contributed by atoms with E-state index in [1.165, 1.54) is 0 Å². The number of carbonyl (C=O) groups excluding carboxylic acids is 1. The van der Waals surface area contributed by atoms with E-state index in [-0.39, 0.29) is 12.3 Å². The highest BCUT2D eigenvalue weighted by Crippen LogP contribution is 2.24. The van der Waals surface area contributed by atoms with Gasteiger partial charge in [-0.05, 0) is 29.8 Å². The number of carbonyl (C=O) groups is 1. The maximum atomic E-state index is 12.1. The van der Waals surface area contributed by atoms with Crippen LogP contribution >= 0.6 is 0 Å². The summed E-state index contributed by atoms with van der Waals surface area (Å²) in [6.45, 7) is 0.378. The van der Waals surface area contributed by atoms with E-state index < -0.39 is 10.8 Å². The van der Waals surface area contributed by atoms with Crippen molar-refractivity contribution in [1.82, 2.24) is 5.32 Å². The molecule has 0 heterocycles. The molecule has 2 aromatic rings. The highest BCUT2D eigenvalue weighted by atomic mass is 32.2. The molecule has 1 amide bonds. The minimum absolute atomic E-state index is 0.0850. The fourth-order valence-corrected chi connectivity index (χ4v) is 2.76. The molecule has 2 aromatic carbocycles. The van der Waals surface area contributed by atoms with Crippen LogP contribution in [0.5, 0.6) is 11.5 Å². The number of benzene rings is 2. The third-order valence-corrected chi connectivity index (χ3v) is 4.53. The fourth-order valence-electron chi connectivity index (χ4n) is 2.24. The molecule has 0 aliphatic carbocycles. The van der Waals surface area contributed by atoms with Gasteiger partial charge >= 0.3 is 0 Å². The lowest BCUT2D eigenvalue weighted by Crippen LogP contribution is -2.24. The van der Waals surface area contributed by atoms with Crippen molar-refractivity contribution in [2.24, 2.45) is 0 Å². The standard InChI is InChI=1S/C18H21NO4S/c1-22-15-7-6-14(17(11-15)23-2)12-19-18(20)10-13-4-8-16(9-5-13)24(3)21/h4-9,11H,10,12H2,1-3H3,(H,19,20)/t24-/m0/s1. The van der Waals surface area contributed by atoms with Gasteiger partial charge in [-0.1, -0.05) is 12.1 Å². The Morgan fingerprint density at radius 2 is 1.79 bits per heavy atom. The number of nitrogens with one attached hydrogen (secondary N) is 1. The smallest absolute Gasteiger partial charge is 0.224 e. The summed E-state index contributed by atoms with van der Waals surface area (Å²) < 4.78 is 21.8. The summed E-state index contributed by atoms with van der Waals surface area (Å²) in [5.41, 5.74) is 1.76. The number of ether oxygens (including phenoxy) is 2. The van der Waals surface area contributed by atoms with Crippen molar-refractivity contribution in [3.8, 4) is 11.5 Å². The predicted molar refractivity (Wildman–Crippen MR) is 93.9 cm³/mol. The van der Waals surface area contributed by atoms with E-state index in [1.807, 2.05) is 24.3 Å². The second kappa shape index (κ2) is 8.49. The first-order valence-corrected chi connectivity index (χ1v) is 8.99. The molecule has 0 aromatic heterocycles. The van der Waals surface area contributed by atoms with Crippen molar-refractivity contribution in [1.29, 1.82) is 0 Å². The summed E-state index contributed by atoms with van der Waals surface area (Å²) in [6, 6.07) is 12.7. The van der Waals surface area contributed by atoms with Gasteiger partial charge in [-0.2, -0.15) is 0 Å². The van der Waals surface area contributed by atoms with Crippen LogP contribution in [0.3, 0.4) is 0 Å². The van der Waals surface area contributed by atoms with Crippen LogP contribution in [-0.2, 0) is 28.6 Å². The third kappa shape index (κ3) is 4.83. The molecule has 0 saturated heterocycles. The Kier molecular flexibility index (Phi) is 6.37. The molecule has 24 heavy (non-hydrogen) atoms. The molecular weight excluding hydrogens is 326 g/mol. The van der Waals surface area contributed by atoms with Crippen LogP contribution in [0.15, 0.2) is 47.4 Å². The quantitative estimate of drug-likeness (QED) is 0.835. The summed E-state index contributed by atoms with van der Waals surface area (Å²) in [5, 5.41) is 2.88. The molecule has 0 fully saturated rings. The Bertz CT molecular complexity index is 728. The summed E-state index contributed by atoms with van der Waals surface area (Å²) in [4.78, 5) is 12.8. The minimum Gasteiger partial charge on any atom is -0.497 e. The second-order valence-corrected chi connectivity index (χ2v) is 6.61. The zero-order valence-corrected chi connectivity index (χ0v) is 14.8. The van der Waals surface area contributed by atoms with Crippen LogP contribution in [0.4, 0.5) is 0 Å². The van der Waals surface area contributed by atoms with Crippen LogP contribution in [-0.4, -0.2) is 30.6 Å². The van der Waals surface area contributed by atoms with Crippen molar-refractivity contribution in [2.45, 2.75) is 17.9 Å². The molecule has 0 aliphatic rings. The van der Waals surface area contributed by atoms with E-state index >= 15 is 0 Å². The number of rotatable bonds is 7. The van der Waals surface area contributed by atoms with Gasteiger partial charge < -0.3 is 14.8 Å². The molecule has 6 heteroatoms. The average molecular weight is 347 g/mol. The lowest BCUT2D eigenvalue weighted by molar-refractivity contribution is -0.120. The third-order valence-electron chi connectivity index (χ3n) is 3.59. The van der Waals surface area contributed by atoms with Crippen molar-refractivity contribution in [3.05, 3.63) is 53.6 Å². The molecule has 0 unspecified atom stereocenters. The van der Waals surface area contributed by atoms with Gasteiger partial charge in [-0.25, -0.2) is 0 Å². The van der Waals surface area contributed by atoms with Gasteiger partial charge in [0.1, 0.15) is 11.5 Å². The highest BCUT2D eigenvalue weighted by Gasteiger charge is 2.08. The predicted octanol–water partition coefficient (Wildman–Crippen LogP) is 2.30. The molecule has 0 aliphatic heterocycles. The van der Waals surface area contributed by atoms with Crippen molar-refractivity contribution in [2.75, 3.05) is 20.5 Å². The zero-order chi connectivity index (χ0) is 17.5. The molecule has 0 radical (unpaired) electrons. The number of methoxy groups -OCH3 is 2. The Morgan fingerprint density at radius 3 is 2.38 bits per heavy atom. The molecule has 2 rings (SSSR count). The van der Waals surface area contributed by atoms with E-state index in [1.54, 1.807) is 38.7 Å². The van der Waals surface area contributed by atoms with E-state index in [9.17, 15) is 9.00 Å². The molecule has 128 valence electrons. The monoisotopic (exact) mass is 347 g/mol. The lowest BCUT2D eigenvalue weighted by Gasteiger charge is -2.11. The first kappa shape index (κ1) is 18.0. The van der Waals surface area contributed by atoms with Gasteiger partial charge in [-0.15, -0.1) is 0 Å². The summed E-state index contributed by atoms with van der Waals surface area (Å²) in [6.07, 6.45) is 1.90. The first-order valence-electron chi connectivity index (χ1n) is 7.43. The van der Waals surface area contributed by atoms with Gasteiger partial charge in [0.15, 0.2) is 0 Å². The largest absolute Gasteiger partial charge is 0.497 e. The molecule has 0 saturated carbocycles. The second-order valence-electron chi connectivity index (χ2n) is 5.23. The number of amides is 1. The van der Waals surface area contributed by atoms with E-state index in [0.717, 1.165) is 16.0 Å². The van der Waals surface area contributed by atoms with Crippen molar-refractivity contribution < 1.29 is 18.5 Å². The molecule has 0 bridgehead atoms. The van der Waals surface area contributed by atoms with Gasteiger partial charge in [0.2, 0.25) is 5.91 Å². The van der Waals surface area contributed by atoms with Crippen molar-refractivity contribution >= 4 is 16.7 Å². The topological polar surface area (TPSA) is 64.6 Å². The van der Waals surface area contributed by atoms with Gasteiger partial charge in [0.05, 0.1) is 20.6 Å². The number of hydrogen-bond acceptors (Lipinski definition) is 4. The summed E-state index contributed by atoms with van der Waals surface area (Å²) >= 11 is 0. The SMILES string of the molecule is COc1ccc(CNC(=O)Cc2ccc([S@](C)=O)cc2)c(OC)c1. The fraction of sp³-hybridized carbons (Fsp3) is 0.278. The molecule has 0 spiro atoms. The Hall–Kier alpha value is -2.34. The van der Waals surface area contributed by atoms with Crippen molar-refractivity contribution in [3.63, 3.8) is 0 Å². The zero-order valence-electron chi connectivity index (χ0n) is 14.0. The van der Waals surface area contributed by atoms with Gasteiger partial charge in [0, 0.05) is 40.1 Å². The van der Waals surface area contributed by atoms with Crippen LogP contribution in [0.25, 0.3) is 0 Å². The van der Waals surface area contributed by atoms with Gasteiger partial charge in [-0.3, -0.25) is 9.00 Å².